The minimum Gasteiger partial charge on any atom is -0.147 e. The zero-order valence-corrected chi connectivity index (χ0v) is 39.6. The fraction of sp³-hybridized carbons (Fsp3) is 0.417. The predicted molar refractivity (Wildman–Crippen MR) is 236 cm³/mol. The molecule has 0 aromatic heterocycles. The zero-order chi connectivity index (χ0) is 36.4. The Morgan fingerprint density at radius 2 is 0.904 bits per heavy atom. The van der Waals surface area contributed by atoms with Gasteiger partial charge in [0.25, 0.3) is 0 Å². The van der Waals surface area contributed by atoms with Crippen LogP contribution in [0.25, 0.3) is 33.4 Å². The molecule has 0 saturated carbocycles. The van der Waals surface area contributed by atoms with Crippen LogP contribution < -0.4 is 0 Å². The summed E-state index contributed by atoms with van der Waals surface area (Å²) in [7, 11) is 0. The maximum atomic E-state index is 2.91. The smallest absolute Gasteiger partial charge is 0.147 e. The quantitative estimate of drug-likeness (QED) is 0.155. The molecule has 2 unspecified atom stereocenters. The average Bonchev–Trinajstić information content (AvgIpc) is 3.58. The van der Waals surface area contributed by atoms with Crippen molar-refractivity contribution in [3.05, 3.63) is 129 Å². The first kappa shape index (κ1) is 42.8. The van der Waals surface area contributed by atoms with E-state index >= 15 is 0 Å². The average molecular weight is 831 g/mol. The van der Waals surface area contributed by atoms with Gasteiger partial charge in [0.1, 0.15) is 0 Å². The van der Waals surface area contributed by atoms with Crippen molar-refractivity contribution in [3.8, 4) is 22.3 Å². The number of aryl methyl sites for hydroxylation is 2. The molecule has 0 radical (unpaired) electrons. The standard InChI is InChI=1S/2C22H25.C3H7.CH3.2ClH.H2Si.Zr/c2*1-6-16-10-12-17(13-11-16)19-9-7-8-18-14-20(22(3,4)5)15(2)21(18)19;1-3-2;;;;;/h2*7-14H,6H2,1-5H3;1,3H2,2H3;1H3;2*1H;1H2;. The predicted octanol–water partition coefficient (Wildman–Crippen LogP) is 14.6. The van der Waals surface area contributed by atoms with Crippen molar-refractivity contribution >= 4 is 42.8 Å². The number of benzene rings is 4. The van der Waals surface area contributed by atoms with Crippen LogP contribution in [-0.2, 0) is 30.2 Å². The molecule has 4 aromatic rings. The largest absolute Gasteiger partial charge is 0.147 e. The van der Waals surface area contributed by atoms with Gasteiger partial charge in [-0.3, -0.25) is 0 Å². The number of rotatable bonds is 8. The van der Waals surface area contributed by atoms with Gasteiger partial charge >= 0.3 is 309 Å². The normalized spacial score (nSPS) is 17.5. The molecule has 0 spiro atoms. The van der Waals surface area contributed by atoms with Gasteiger partial charge in [0, 0.05) is 0 Å². The summed E-state index contributed by atoms with van der Waals surface area (Å²) in [5.74, 6) is 0. The Balaban J connectivity index is 0.00000302. The second-order valence-electron chi connectivity index (χ2n) is 18.4. The van der Waals surface area contributed by atoms with Crippen molar-refractivity contribution in [3.63, 3.8) is 0 Å². The van der Waals surface area contributed by atoms with E-state index in [1.54, 1.807) is 33.4 Å². The van der Waals surface area contributed by atoms with Crippen LogP contribution in [-0.4, -0.2) is 6.88 Å². The van der Waals surface area contributed by atoms with Gasteiger partial charge in [-0.1, -0.05) is 0 Å². The van der Waals surface area contributed by atoms with Crippen molar-refractivity contribution in [2.75, 3.05) is 0 Å². The molecular formula is C48H64Cl2SiZr. The maximum Gasteiger partial charge on any atom is -0.147 e. The topological polar surface area (TPSA) is 0 Å². The van der Waals surface area contributed by atoms with Gasteiger partial charge in [-0.25, -0.2) is 0 Å². The minimum absolute atomic E-state index is 0. The molecule has 0 aliphatic heterocycles. The van der Waals surface area contributed by atoms with E-state index in [9.17, 15) is 0 Å². The molecule has 4 aromatic carbocycles. The van der Waals surface area contributed by atoms with Gasteiger partial charge in [-0.05, 0) is 0 Å². The van der Waals surface area contributed by atoms with E-state index in [0.29, 0.717) is 7.25 Å². The van der Waals surface area contributed by atoms with Gasteiger partial charge in [-0.2, -0.15) is 0 Å². The number of hydrogen-bond donors (Lipinski definition) is 0. The van der Waals surface area contributed by atoms with Crippen molar-refractivity contribution in [2.24, 2.45) is 10.8 Å². The van der Waals surface area contributed by atoms with Gasteiger partial charge < -0.3 is 0 Å². The van der Waals surface area contributed by atoms with E-state index in [1.165, 1.54) is 55.1 Å². The fourth-order valence-corrected chi connectivity index (χ4v) is 36.8. The Morgan fingerprint density at radius 1 is 0.558 bits per heavy atom. The number of fused-ring (bicyclic) bond motifs is 2. The van der Waals surface area contributed by atoms with Crippen molar-refractivity contribution in [1.82, 2.24) is 0 Å². The first-order valence-corrected chi connectivity index (χ1v) is 32.4. The number of allylic oxidation sites excluding steroid dienone is 4. The van der Waals surface area contributed by atoms with Gasteiger partial charge in [0.2, 0.25) is 0 Å². The second-order valence-corrected chi connectivity index (χ2v) is 46.8. The summed E-state index contributed by atoms with van der Waals surface area (Å²) < 4.78 is 5.21. The third-order valence-electron chi connectivity index (χ3n) is 12.6. The maximum absolute atomic E-state index is 4.03. The van der Waals surface area contributed by atoms with Crippen LogP contribution in [0.5, 0.6) is 0 Å². The summed E-state index contributed by atoms with van der Waals surface area (Å²) in [5, 5.41) is 0. The molecule has 4 heteroatoms. The third-order valence-corrected chi connectivity index (χ3v) is 35.7. The molecule has 2 atom stereocenters. The van der Waals surface area contributed by atoms with Crippen LogP contribution in [0.1, 0.15) is 123 Å². The molecule has 0 bridgehead atoms. The molecule has 0 fully saturated rings. The van der Waals surface area contributed by atoms with E-state index in [1.807, 2.05) is 0 Å². The first-order valence-electron chi connectivity index (χ1n) is 19.4. The molecule has 2 aliphatic rings. The van der Waals surface area contributed by atoms with E-state index < -0.39 is 17.4 Å². The fourth-order valence-electron chi connectivity index (χ4n) is 10.7. The van der Waals surface area contributed by atoms with Crippen LogP contribution in [0.4, 0.5) is 0 Å². The van der Waals surface area contributed by atoms with E-state index in [4.69, 9.17) is 0 Å². The van der Waals surface area contributed by atoms with Crippen LogP contribution in [0, 0.1) is 10.8 Å². The number of hydrogen-bond acceptors (Lipinski definition) is 0. The molecule has 2 aliphatic carbocycles. The molecule has 52 heavy (non-hydrogen) atoms. The Kier molecular flexibility index (Phi) is 12.6. The summed E-state index contributed by atoms with van der Waals surface area (Å²) in [6.45, 7) is 29.5. The zero-order valence-electron chi connectivity index (χ0n) is 34.1. The van der Waals surface area contributed by atoms with Crippen LogP contribution >= 0.6 is 24.8 Å². The van der Waals surface area contributed by atoms with Crippen molar-refractivity contribution in [2.45, 2.75) is 111 Å². The summed E-state index contributed by atoms with van der Waals surface area (Å²) in [4.78, 5) is 0. The molecule has 0 amide bonds. The molecule has 0 nitrogen and oxygen atoms in total. The van der Waals surface area contributed by atoms with Gasteiger partial charge in [-0.15, -0.1) is 24.8 Å². The Bertz CT molecular complexity index is 1940. The monoisotopic (exact) mass is 828 g/mol. The van der Waals surface area contributed by atoms with Gasteiger partial charge in [0.15, 0.2) is 0 Å². The van der Waals surface area contributed by atoms with Crippen LogP contribution in [0.2, 0.25) is 8.76 Å². The summed E-state index contributed by atoms with van der Waals surface area (Å²) in [6.07, 6.45) is 3.37. The summed E-state index contributed by atoms with van der Waals surface area (Å²) in [5.41, 5.74) is 21.2. The van der Waals surface area contributed by atoms with Crippen molar-refractivity contribution < 1.29 is 17.4 Å². The molecular weight excluding hydrogens is 767 g/mol. The SMILES string of the molecule is CC[CH2][Zr]([CH3])(=[SiH2])([CH]1C(C(C)(C)C)=C(C)c2c(-c3ccc(CC)cc3)cccc21)[CH]1C(C(C)(C)C)=C(C)c2c(-c3ccc(CC)cc3)cccc21.Cl.Cl. The Hall–Kier alpha value is -1.96. The molecule has 0 heterocycles. The van der Waals surface area contributed by atoms with Crippen LogP contribution in [0.3, 0.4) is 0 Å². The van der Waals surface area contributed by atoms with Crippen LogP contribution in [0.15, 0.2) is 96.1 Å². The van der Waals surface area contributed by atoms with Gasteiger partial charge in [0.05, 0.1) is 0 Å². The van der Waals surface area contributed by atoms with E-state index in [0.717, 1.165) is 12.8 Å². The third kappa shape index (κ3) is 7.02. The van der Waals surface area contributed by atoms with E-state index in [-0.39, 0.29) is 35.6 Å². The minimum atomic E-state index is -4.03. The first-order chi connectivity index (χ1) is 23.5. The Morgan fingerprint density at radius 3 is 1.19 bits per heavy atom. The molecule has 278 valence electrons. The van der Waals surface area contributed by atoms with Crippen molar-refractivity contribution in [1.29, 1.82) is 0 Å². The molecule has 0 saturated heterocycles. The molecule has 6 rings (SSSR count). The Labute approximate surface area is 331 Å². The second kappa shape index (κ2) is 15.3. The molecule has 0 N–H and O–H groups in total. The van der Waals surface area contributed by atoms with E-state index in [2.05, 4.69) is 173 Å². The number of halogens is 2. The summed E-state index contributed by atoms with van der Waals surface area (Å²) >= 11 is -4.03. The summed E-state index contributed by atoms with van der Waals surface area (Å²) in [6, 6.07) is 33.5.